The zero-order valence-corrected chi connectivity index (χ0v) is 12.0. The molecule has 0 saturated carbocycles. The monoisotopic (exact) mass is 282 g/mol. The van der Waals surface area contributed by atoms with E-state index >= 15 is 0 Å². The molecule has 7 heteroatoms. The number of hydrogen-bond donors (Lipinski definition) is 4. The topological polar surface area (TPSA) is 107 Å². The third-order valence-electron chi connectivity index (χ3n) is 2.57. The van der Waals surface area contributed by atoms with Gasteiger partial charge in [0.1, 0.15) is 24.0 Å². The third-order valence-corrected chi connectivity index (χ3v) is 2.57. The van der Waals surface area contributed by atoms with E-state index in [1.54, 1.807) is 13.0 Å². The Morgan fingerprint density at radius 2 is 1.95 bits per heavy atom. The highest BCUT2D eigenvalue weighted by Gasteiger charge is 2.19. The summed E-state index contributed by atoms with van der Waals surface area (Å²) in [4.78, 5) is 19.2. The van der Waals surface area contributed by atoms with Gasteiger partial charge in [-0.15, -0.1) is 0 Å². The molecule has 20 heavy (non-hydrogen) atoms. The van der Waals surface area contributed by atoms with Gasteiger partial charge in [-0.2, -0.15) is 0 Å². The van der Waals surface area contributed by atoms with Crippen LogP contribution < -0.4 is 10.6 Å². The third kappa shape index (κ3) is 5.83. The van der Waals surface area contributed by atoms with Gasteiger partial charge in [-0.3, -0.25) is 0 Å². The Morgan fingerprint density at radius 1 is 1.30 bits per heavy atom. The first kappa shape index (κ1) is 16.2. The molecule has 0 aromatic carbocycles. The van der Waals surface area contributed by atoms with Gasteiger partial charge >= 0.3 is 5.97 Å². The Bertz CT molecular complexity index is 437. The van der Waals surface area contributed by atoms with E-state index < -0.39 is 18.1 Å². The fourth-order valence-corrected chi connectivity index (χ4v) is 1.66. The maximum absolute atomic E-state index is 11.2. The molecule has 4 N–H and O–H groups in total. The highest BCUT2D eigenvalue weighted by Crippen LogP contribution is 2.13. The molecule has 112 valence electrons. The van der Waals surface area contributed by atoms with Crippen LogP contribution in [0.1, 0.15) is 27.2 Å². The van der Waals surface area contributed by atoms with Crippen molar-refractivity contribution in [3.8, 4) is 0 Å². The number of aromatic nitrogens is 2. The largest absolute Gasteiger partial charge is 0.480 e. The van der Waals surface area contributed by atoms with Gasteiger partial charge in [0, 0.05) is 12.6 Å². The van der Waals surface area contributed by atoms with Gasteiger partial charge < -0.3 is 20.8 Å². The summed E-state index contributed by atoms with van der Waals surface area (Å²) >= 11 is 0. The Kier molecular flexibility index (Phi) is 6.17. The van der Waals surface area contributed by atoms with Crippen molar-refractivity contribution in [2.75, 3.05) is 17.2 Å². The maximum Gasteiger partial charge on any atom is 0.326 e. The minimum Gasteiger partial charge on any atom is -0.480 e. The van der Waals surface area contributed by atoms with E-state index in [-0.39, 0.29) is 5.92 Å². The Labute approximate surface area is 118 Å². The molecule has 2 atom stereocenters. The molecule has 0 aliphatic heterocycles. The molecule has 0 aliphatic carbocycles. The van der Waals surface area contributed by atoms with Gasteiger partial charge in [0.15, 0.2) is 0 Å². The number of carboxylic acids is 1. The van der Waals surface area contributed by atoms with Gasteiger partial charge in [-0.05, 0) is 19.3 Å². The van der Waals surface area contributed by atoms with Crippen LogP contribution >= 0.6 is 0 Å². The van der Waals surface area contributed by atoms with Crippen LogP contribution in [0.15, 0.2) is 12.4 Å². The summed E-state index contributed by atoms with van der Waals surface area (Å²) in [5, 5.41) is 24.2. The van der Waals surface area contributed by atoms with Crippen LogP contribution in [0.2, 0.25) is 0 Å². The van der Waals surface area contributed by atoms with Gasteiger partial charge in [-0.1, -0.05) is 13.8 Å². The van der Waals surface area contributed by atoms with Crippen molar-refractivity contribution in [3.63, 3.8) is 0 Å². The smallest absolute Gasteiger partial charge is 0.326 e. The van der Waals surface area contributed by atoms with E-state index in [9.17, 15) is 15.0 Å². The molecule has 1 aromatic heterocycles. The number of aliphatic hydroxyl groups is 1. The van der Waals surface area contributed by atoms with Crippen molar-refractivity contribution in [3.05, 3.63) is 12.4 Å². The number of aliphatic hydroxyl groups excluding tert-OH is 1. The van der Waals surface area contributed by atoms with Crippen molar-refractivity contribution in [2.45, 2.75) is 39.3 Å². The summed E-state index contributed by atoms with van der Waals surface area (Å²) in [6.45, 7) is 5.96. The molecule has 7 nitrogen and oxygen atoms in total. The molecule has 0 fully saturated rings. The maximum atomic E-state index is 11.2. The fourth-order valence-electron chi connectivity index (χ4n) is 1.66. The zero-order chi connectivity index (χ0) is 15.1. The zero-order valence-electron chi connectivity index (χ0n) is 12.0. The van der Waals surface area contributed by atoms with E-state index in [2.05, 4.69) is 20.6 Å². The molecule has 1 heterocycles. The average molecular weight is 282 g/mol. The summed E-state index contributed by atoms with van der Waals surface area (Å²) in [5.74, 6) is 0.340. The molecule has 0 bridgehead atoms. The standard InChI is InChI=1S/C13H22N4O3/c1-8(2)4-10(13(19)20)17-12-5-11(15-7-16-12)14-6-9(3)18/h5,7-10,18H,4,6H2,1-3H3,(H,19,20)(H2,14,15,16,17)/t9?,10-/m1/s1. The van der Waals surface area contributed by atoms with E-state index in [1.165, 1.54) is 6.33 Å². The number of anilines is 2. The number of rotatable bonds is 8. The lowest BCUT2D eigenvalue weighted by Gasteiger charge is -2.17. The van der Waals surface area contributed by atoms with Gasteiger partial charge in [0.2, 0.25) is 0 Å². The second kappa shape index (κ2) is 7.64. The number of carboxylic acid groups (broad SMARTS) is 1. The number of carbonyl (C=O) groups is 1. The number of hydrogen-bond acceptors (Lipinski definition) is 6. The Hall–Kier alpha value is -1.89. The van der Waals surface area contributed by atoms with Crippen molar-refractivity contribution >= 4 is 17.6 Å². The second-order valence-electron chi connectivity index (χ2n) is 5.18. The summed E-state index contributed by atoms with van der Waals surface area (Å²) < 4.78 is 0. The van der Waals surface area contributed by atoms with Gasteiger partial charge in [0.05, 0.1) is 6.10 Å². The Balaban J connectivity index is 2.70. The summed E-state index contributed by atoms with van der Waals surface area (Å²) in [7, 11) is 0. The first-order chi connectivity index (χ1) is 9.38. The molecule has 0 radical (unpaired) electrons. The van der Waals surface area contributed by atoms with E-state index in [4.69, 9.17) is 0 Å². The average Bonchev–Trinajstić information content (AvgIpc) is 2.35. The van der Waals surface area contributed by atoms with Crippen LogP contribution in [0.3, 0.4) is 0 Å². The van der Waals surface area contributed by atoms with E-state index in [0.717, 1.165) is 0 Å². The summed E-state index contributed by atoms with van der Waals surface area (Å²) in [6, 6.07) is 0.938. The van der Waals surface area contributed by atoms with Crippen molar-refractivity contribution in [1.82, 2.24) is 9.97 Å². The highest BCUT2D eigenvalue weighted by atomic mass is 16.4. The predicted octanol–water partition coefficient (Wildman–Crippen LogP) is 1.18. The van der Waals surface area contributed by atoms with Crippen LogP contribution in [0.5, 0.6) is 0 Å². The van der Waals surface area contributed by atoms with Crippen molar-refractivity contribution in [2.24, 2.45) is 5.92 Å². The van der Waals surface area contributed by atoms with Gasteiger partial charge in [-0.25, -0.2) is 14.8 Å². The van der Waals surface area contributed by atoms with Crippen LogP contribution in [0.4, 0.5) is 11.6 Å². The highest BCUT2D eigenvalue weighted by molar-refractivity contribution is 5.77. The molecule has 0 amide bonds. The molecular weight excluding hydrogens is 260 g/mol. The predicted molar refractivity (Wildman–Crippen MR) is 76.7 cm³/mol. The first-order valence-corrected chi connectivity index (χ1v) is 6.61. The number of aliphatic carboxylic acids is 1. The molecule has 1 unspecified atom stereocenters. The van der Waals surface area contributed by atoms with Gasteiger partial charge in [0.25, 0.3) is 0 Å². The van der Waals surface area contributed by atoms with E-state index in [0.29, 0.717) is 24.6 Å². The van der Waals surface area contributed by atoms with E-state index in [1.807, 2.05) is 13.8 Å². The first-order valence-electron chi connectivity index (χ1n) is 6.61. The molecule has 1 rings (SSSR count). The summed E-state index contributed by atoms with van der Waals surface area (Å²) in [6.07, 6.45) is 1.37. The minimum absolute atomic E-state index is 0.262. The summed E-state index contributed by atoms with van der Waals surface area (Å²) in [5.41, 5.74) is 0. The number of nitrogens with zero attached hydrogens (tertiary/aromatic N) is 2. The lowest BCUT2D eigenvalue weighted by Crippen LogP contribution is -2.31. The van der Waals surface area contributed by atoms with Crippen LogP contribution in [0, 0.1) is 5.92 Å². The van der Waals surface area contributed by atoms with Crippen molar-refractivity contribution < 1.29 is 15.0 Å². The molecule has 0 aliphatic rings. The molecule has 0 saturated heterocycles. The second-order valence-corrected chi connectivity index (χ2v) is 5.18. The minimum atomic E-state index is -0.907. The molecule has 1 aromatic rings. The van der Waals surface area contributed by atoms with Crippen LogP contribution in [-0.4, -0.2) is 44.8 Å². The van der Waals surface area contributed by atoms with Crippen molar-refractivity contribution in [1.29, 1.82) is 0 Å². The normalized spacial score (nSPS) is 13.8. The lowest BCUT2D eigenvalue weighted by molar-refractivity contribution is -0.138. The molecular formula is C13H22N4O3. The fraction of sp³-hybridized carbons (Fsp3) is 0.615. The van der Waals surface area contributed by atoms with Crippen LogP contribution in [-0.2, 0) is 4.79 Å². The quantitative estimate of drug-likeness (QED) is 0.567. The SMILES string of the molecule is CC(C)C[C@@H](Nc1cc(NCC(C)O)ncn1)C(=O)O. The number of nitrogens with one attached hydrogen (secondary N) is 2. The van der Waals surface area contributed by atoms with Crippen LogP contribution in [0.25, 0.3) is 0 Å². The molecule has 0 spiro atoms. The lowest BCUT2D eigenvalue weighted by atomic mass is 10.0. The Morgan fingerprint density at radius 3 is 2.50 bits per heavy atom.